The van der Waals surface area contributed by atoms with Gasteiger partial charge in [0.2, 0.25) is 0 Å². The maximum Gasteiger partial charge on any atom is 0.0346 e. The lowest BCUT2D eigenvalue weighted by molar-refractivity contribution is 0.394. The highest BCUT2D eigenvalue weighted by Crippen LogP contribution is 2.44. The first kappa shape index (κ1) is 10.3. The monoisotopic (exact) mass is 215 g/mol. The van der Waals surface area contributed by atoms with E-state index >= 15 is 0 Å². The minimum atomic E-state index is 0.572. The van der Waals surface area contributed by atoms with Gasteiger partial charge in [0.05, 0.1) is 0 Å². The first-order chi connectivity index (χ1) is 7.77. The van der Waals surface area contributed by atoms with E-state index in [4.69, 9.17) is 0 Å². The summed E-state index contributed by atoms with van der Waals surface area (Å²) in [5.41, 5.74) is 4.90. The molecule has 0 amide bonds. The van der Waals surface area contributed by atoms with E-state index in [1.54, 1.807) is 16.7 Å². The largest absolute Gasteiger partial charge is 0.309 e. The van der Waals surface area contributed by atoms with E-state index in [0.717, 1.165) is 12.5 Å². The van der Waals surface area contributed by atoms with Crippen molar-refractivity contribution in [3.8, 4) is 0 Å². The van der Waals surface area contributed by atoms with Gasteiger partial charge in [0.1, 0.15) is 0 Å². The molecule has 3 rings (SSSR count). The minimum Gasteiger partial charge on any atom is -0.309 e. The number of rotatable bonds is 2. The van der Waals surface area contributed by atoms with E-state index in [0.29, 0.717) is 12.0 Å². The Morgan fingerprint density at radius 2 is 1.94 bits per heavy atom. The molecule has 1 heterocycles. The van der Waals surface area contributed by atoms with Crippen LogP contribution in [0.1, 0.15) is 55.3 Å². The Labute approximate surface area is 98.3 Å². The van der Waals surface area contributed by atoms with Gasteiger partial charge >= 0.3 is 0 Å². The normalized spacial score (nSPS) is 24.6. The zero-order valence-electron chi connectivity index (χ0n) is 10.3. The van der Waals surface area contributed by atoms with Crippen LogP contribution in [0, 0.1) is 5.92 Å². The molecular formula is C15H21N. The molecule has 0 radical (unpaired) electrons. The number of nitrogens with one attached hydrogen (secondary N) is 1. The topological polar surface area (TPSA) is 12.0 Å². The van der Waals surface area contributed by atoms with Crippen molar-refractivity contribution in [1.29, 1.82) is 0 Å². The van der Waals surface area contributed by atoms with Crippen molar-refractivity contribution in [2.45, 2.75) is 45.1 Å². The van der Waals surface area contributed by atoms with E-state index in [1.165, 1.54) is 19.3 Å². The molecule has 1 aromatic carbocycles. The molecular weight excluding hydrogens is 194 g/mol. The van der Waals surface area contributed by atoms with Crippen LogP contribution in [0.4, 0.5) is 0 Å². The van der Waals surface area contributed by atoms with Crippen LogP contribution in [0.25, 0.3) is 0 Å². The molecule has 1 nitrogen and oxygen atoms in total. The second-order valence-corrected chi connectivity index (χ2v) is 5.62. The predicted octanol–water partition coefficient (Wildman–Crippen LogP) is 3.41. The Morgan fingerprint density at radius 1 is 1.19 bits per heavy atom. The van der Waals surface area contributed by atoms with Crippen LogP contribution in [0.15, 0.2) is 18.2 Å². The van der Waals surface area contributed by atoms with E-state index in [-0.39, 0.29) is 0 Å². The smallest absolute Gasteiger partial charge is 0.0346 e. The quantitative estimate of drug-likeness (QED) is 0.797. The van der Waals surface area contributed by atoms with Gasteiger partial charge in [0, 0.05) is 6.04 Å². The SMILES string of the molecule is CC(C)C1NCCc2c(C3CC3)cccc21. The van der Waals surface area contributed by atoms with Crippen LogP contribution < -0.4 is 5.32 Å². The van der Waals surface area contributed by atoms with Crippen LogP contribution in [-0.2, 0) is 6.42 Å². The van der Waals surface area contributed by atoms with Gasteiger partial charge < -0.3 is 5.32 Å². The molecule has 1 unspecified atom stereocenters. The third-order valence-electron chi connectivity index (χ3n) is 4.01. The molecule has 1 aliphatic heterocycles. The second kappa shape index (κ2) is 3.89. The number of hydrogen-bond acceptors (Lipinski definition) is 1. The lowest BCUT2D eigenvalue weighted by Gasteiger charge is -2.31. The summed E-state index contributed by atoms with van der Waals surface area (Å²) in [6, 6.07) is 7.52. The Hall–Kier alpha value is -0.820. The maximum atomic E-state index is 3.66. The lowest BCUT2D eigenvalue weighted by atomic mass is 9.84. The third-order valence-corrected chi connectivity index (χ3v) is 4.01. The number of fused-ring (bicyclic) bond motifs is 1. The summed E-state index contributed by atoms with van der Waals surface area (Å²) in [5.74, 6) is 1.58. The molecule has 0 bridgehead atoms. The molecule has 0 aromatic heterocycles. The number of benzene rings is 1. The summed E-state index contributed by atoms with van der Waals surface area (Å²) in [6.07, 6.45) is 4.05. The van der Waals surface area contributed by atoms with Crippen LogP contribution in [0.2, 0.25) is 0 Å². The van der Waals surface area contributed by atoms with E-state index in [1.807, 2.05) is 0 Å². The molecule has 0 saturated heterocycles. The van der Waals surface area contributed by atoms with Gasteiger partial charge in [-0.1, -0.05) is 32.0 Å². The van der Waals surface area contributed by atoms with Crippen molar-refractivity contribution < 1.29 is 0 Å². The van der Waals surface area contributed by atoms with Gasteiger partial charge in [0.25, 0.3) is 0 Å². The van der Waals surface area contributed by atoms with Crippen LogP contribution >= 0.6 is 0 Å². The van der Waals surface area contributed by atoms with Crippen molar-refractivity contribution in [3.05, 3.63) is 34.9 Å². The Morgan fingerprint density at radius 3 is 2.62 bits per heavy atom. The average molecular weight is 215 g/mol. The van der Waals surface area contributed by atoms with Gasteiger partial charge in [-0.05, 0) is 54.3 Å². The standard InChI is InChI=1S/C15H21N/c1-10(2)15-14-5-3-4-12(11-6-7-11)13(14)8-9-16-15/h3-5,10-11,15-16H,6-9H2,1-2H3. The highest BCUT2D eigenvalue weighted by molar-refractivity contribution is 5.42. The summed E-state index contributed by atoms with van der Waals surface area (Å²) in [6.45, 7) is 5.78. The van der Waals surface area contributed by atoms with E-state index in [9.17, 15) is 0 Å². The van der Waals surface area contributed by atoms with E-state index in [2.05, 4.69) is 37.4 Å². The van der Waals surface area contributed by atoms with Crippen molar-refractivity contribution in [2.24, 2.45) is 5.92 Å². The molecule has 1 aromatic rings. The van der Waals surface area contributed by atoms with Crippen LogP contribution in [0.5, 0.6) is 0 Å². The fraction of sp³-hybridized carbons (Fsp3) is 0.600. The van der Waals surface area contributed by atoms with Gasteiger partial charge in [-0.15, -0.1) is 0 Å². The average Bonchev–Trinajstić information content (AvgIpc) is 3.11. The second-order valence-electron chi connectivity index (χ2n) is 5.62. The molecule has 1 heteroatoms. The number of hydrogen-bond donors (Lipinski definition) is 1. The molecule has 1 aliphatic carbocycles. The molecule has 1 atom stereocenters. The zero-order chi connectivity index (χ0) is 11.1. The molecule has 1 N–H and O–H groups in total. The molecule has 1 fully saturated rings. The summed E-state index contributed by atoms with van der Waals surface area (Å²) >= 11 is 0. The van der Waals surface area contributed by atoms with E-state index < -0.39 is 0 Å². The van der Waals surface area contributed by atoms with Gasteiger partial charge in [-0.2, -0.15) is 0 Å². The Kier molecular flexibility index (Phi) is 2.51. The van der Waals surface area contributed by atoms with Crippen molar-refractivity contribution >= 4 is 0 Å². The van der Waals surface area contributed by atoms with Crippen molar-refractivity contribution in [1.82, 2.24) is 5.32 Å². The van der Waals surface area contributed by atoms with Crippen LogP contribution in [-0.4, -0.2) is 6.54 Å². The van der Waals surface area contributed by atoms with Gasteiger partial charge in [0.15, 0.2) is 0 Å². The molecule has 0 spiro atoms. The van der Waals surface area contributed by atoms with Crippen molar-refractivity contribution in [3.63, 3.8) is 0 Å². The lowest BCUT2D eigenvalue weighted by Crippen LogP contribution is -2.33. The Bertz CT molecular complexity index is 390. The summed E-state index contributed by atoms with van der Waals surface area (Å²) < 4.78 is 0. The summed E-state index contributed by atoms with van der Waals surface area (Å²) in [7, 11) is 0. The highest BCUT2D eigenvalue weighted by Gasteiger charge is 2.30. The molecule has 16 heavy (non-hydrogen) atoms. The fourth-order valence-electron chi connectivity index (χ4n) is 3.04. The predicted molar refractivity (Wildman–Crippen MR) is 67.7 cm³/mol. The minimum absolute atomic E-state index is 0.572. The Balaban J connectivity index is 2.04. The first-order valence-corrected chi connectivity index (χ1v) is 6.62. The van der Waals surface area contributed by atoms with Crippen LogP contribution in [0.3, 0.4) is 0 Å². The molecule has 86 valence electrons. The molecule has 1 saturated carbocycles. The first-order valence-electron chi connectivity index (χ1n) is 6.62. The summed E-state index contributed by atoms with van der Waals surface area (Å²) in [5, 5.41) is 3.66. The third kappa shape index (κ3) is 1.67. The summed E-state index contributed by atoms with van der Waals surface area (Å²) in [4.78, 5) is 0. The van der Waals surface area contributed by atoms with Gasteiger partial charge in [-0.25, -0.2) is 0 Å². The fourth-order valence-corrected chi connectivity index (χ4v) is 3.04. The molecule has 2 aliphatic rings. The highest BCUT2D eigenvalue weighted by atomic mass is 14.9. The maximum absolute atomic E-state index is 3.66. The van der Waals surface area contributed by atoms with Gasteiger partial charge in [-0.3, -0.25) is 0 Å². The van der Waals surface area contributed by atoms with Crippen molar-refractivity contribution in [2.75, 3.05) is 6.54 Å². The zero-order valence-corrected chi connectivity index (χ0v) is 10.3.